The van der Waals surface area contributed by atoms with E-state index in [0.29, 0.717) is 25.0 Å². The van der Waals surface area contributed by atoms with Crippen molar-refractivity contribution in [3.05, 3.63) is 24.3 Å². The van der Waals surface area contributed by atoms with E-state index in [2.05, 4.69) is 47.2 Å². The highest BCUT2D eigenvalue weighted by Crippen LogP contribution is 2.44. The highest BCUT2D eigenvalue weighted by atomic mass is 31.2. The van der Waals surface area contributed by atoms with E-state index < -0.39 is 66.2 Å². The van der Waals surface area contributed by atoms with Crippen LogP contribution in [0.5, 0.6) is 0 Å². The Kier molecular flexibility index (Phi) is 31.4. The van der Waals surface area contributed by atoms with Gasteiger partial charge < -0.3 is 34.0 Å². The molecule has 3 unspecified atom stereocenters. The van der Waals surface area contributed by atoms with Crippen LogP contribution >= 0.6 is 15.6 Å². The van der Waals surface area contributed by atoms with E-state index in [4.69, 9.17) is 28.5 Å². The Morgan fingerprint density at radius 1 is 0.607 bits per heavy atom. The van der Waals surface area contributed by atoms with Crippen molar-refractivity contribution >= 4 is 27.6 Å². The molecule has 1 fully saturated rings. The van der Waals surface area contributed by atoms with Gasteiger partial charge in [0.05, 0.1) is 32.0 Å². The van der Waals surface area contributed by atoms with Crippen LogP contribution in [-0.4, -0.2) is 82.6 Å². The van der Waals surface area contributed by atoms with Gasteiger partial charge in [-0.25, -0.2) is 9.13 Å². The first-order valence-corrected chi connectivity index (χ1v) is 24.2. The minimum absolute atomic E-state index is 0.108. The van der Waals surface area contributed by atoms with Crippen LogP contribution in [0.4, 0.5) is 0 Å². The van der Waals surface area contributed by atoms with Crippen molar-refractivity contribution in [2.45, 2.75) is 192 Å². The number of aliphatic hydroxyl groups is 1. The summed E-state index contributed by atoms with van der Waals surface area (Å²) in [6.45, 7) is 1.68. The smallest absolute Gasteiger partial charge is 0.462 e. The van der Waals surface area contributed by atoms with Gasteiger partial charge in [0, 0.05) is 12.8 Å². The summed E-state index contributed by atoms with van der Waals surface area (Å²) in [7, 11) is -9.68. The molecule has 14 nitrogen and oxygen atoms in total. The minimum Gasteiger partial charge on any atom is -0.462 e. The molecule has 1 aliphatic heterocycles. The number of unbranched alkanes of at least 4 members (excludes halogenated alkanes) is 16. The third-order valence-corrected chi connectivity index (χ3v) is 10.7. The van der Waals surface area contributed by atoms with Crippen LogP contribution in [0.15, 0.2) is 24.3 Å². The fourth-order valence-electron chi connectivity index (χ4n) is 5.88. The number of hydrogen-bond donors (Lipinski definition) is 4. The van der Waals surface area contributed by atoms with E-state index in [1.54, 1.807) is 0 Å². The van der Waals surface area contributed by atoms with Crippen LogP contribution in [-0.2, 0) is 46.5 Å². The van der Waals surface area contributed by atoms with Gasteiger partial charge in [-0.3, -0.25) is 23.2 Å². The van der Waals surface area contributed by atoms with Crippen molar-refractivity contribution < 1.29 is 66.3 Å². The number of phosphoric acid groups is 2. The maximum Gasteiger partial charge on any atom is 0.472 e. The van der Waals surface area contributed by atoms with Gasteiger partial charge in [0.2, 0.25) is 0 Å². The second kappa shape index (κ2) is 33.4. The molecule has 16 heteroatoms. The topological polar surface area (TPSA) is 208 Å². The summed E-state index contributed by atoms with van der Waals surface area (Å²) in [4.78, 5) is 52.6. The largest absolute Gasteiger partial charge is 0.472 e. The number of rotatable bonds is 39. The Bertz CT molecular complexity index is 1160. The van der Waals surface area contributed by atoms with Gasteiger partial charge in [-0.1, -0.05) is 115 Å². The molecular weight excluding hydrogens is 766 g/mol. The summed E-state index contributed by atoms with van der Waals surface area (Å²) >= 11 is 0. The molecule has 0 amide bonds. The lowest BCUT2D eigenvalue weighted by Gasteiger charge is -2.20. The number of carbonyl (C=O) groups excluding carboxylic acids is 2. The maximum atomic E-state index is 12.7. The molecular formula is C40H74O14P2. The Balaban J connectivity index is 2.38. The summed E-state index contributed by atoms with van der Waals surface area (Å²) in [5, 5.41) is 9.74. The van der Waals surface area contributed by atoms with Crippen LogP contribution < -0.4 is 0 Å². The fraction of sp³-hybridized carbons (Fsp3) is 0.850. The summed E-state index contributed by atoms with van der Waals surface area (Å²) in [5.41, 5.74) is 0. The van der Waals surface area contributed by atoms with Crippen LogP contribution in [0, 0.1) is 0 Å². The molecule has 0 aromatic carbocycles. The van der Waals surface area contributed by atoms with E-state index in [1.165, 1.54) is 44.9 Å². The molecule has 5 atom stereocenters. The first-order chi connectivity index (χ1) is 26.8. The highest BCUT2D eigenvalue weighted by molar-refractivity contribution is 7.47. The molecule has 56 heavy (non-hydrogen) atoms. The standard InChI is InChI=1S/C40H74O14P2/c1-3-5-7-9-11-12-13-14-15-16-17-21-25-29-39(42)49-33-36(34-52-56(47,48)51-32-35(41)31-50-55(44,45)46)53-40(43)30-26-22-18-20-24-28-38-37(54-38)27-23-19-10-8-6-4-2/h12-13,19,23,35-38,41H,3-11,14-18,20-22,24-34H2,1-2H3,(H,47,48)(H2,44,45,46)/b13-12-,23-19-/t35-,36+,37?,38?/m0/s1. The highest BCUT2D eigenvalue weighted by Gasteiger charge is 2.36. The van der Waals surface area contributed by atoms with Crippen molar-refractivity contribution in [3.8, 4) is 0 Å². The molecule has 1 heterocycles. The van der Waals surface area contributed by atoms with Crippen LogP contribution in [0.3, 0.4) is 0 Å². The number of ether oxygens (including phenoxy) is 3. The lowest BCUT2D eigenvalue weighted by molar-refractivity contribution is -0.161. The van der Waals surface area contributed by atoms with Gasteiger partial charge in [0.1, 0.15) is 12.7 Å². The number of hydrogen-bond acceptors (Lipinski definition) is 11. The summed E-state index contributed by atoms with van der Waals surface area (Å²) < 4.78 is 53.5. The quantitative estimate of drug-likeness (QED) is 0.0150. The number of epoxide rings is 1. The van der Waals surface area contributed by atoms with Gasteiger partial charge in [0.25, 0.3) is 0 Å². The Morgan fingerprint density at radius 2 is 1.11 bits per heavy atom. The van der Waals surface area contributed by atoms with Gasteiger partial charge >= 0.3 is 27.6 Å². The van der Waals surface area contributed by atoms with Crippen LogP contribution in [0.1, 0.15) is 168 Å². The molecule has 0 aromatic rings. The van der Waals surface area contributed by atoms with E-state index in [1.807, 2.05) is 0 Å². The van der Waals surface area contributed by atoms with E-state index in [9.17, 15) is 28.7 Å². The minimum atomic E-state index is -4.86. The van der Waals surface area contributed by atoms with E-state index in [-0.39, 0.29) is 12.8 Å². The zero-order chi connectivity index (χ0) is 41.3. The number of aliphatic hydroxyl groups excluding tert-OH is 1. The predicted molar refractivity (Wildman–Crippen MR) is 216 cm³/mol. The van der Waals surface area contributed by atoms with Gasteiger partial charge in [0.15, 0.2) is 6.10 Å². The van der Waals surface area contributed by atoms with Crippen molar-refractivity contribution in [3.63, 3.8) is 0 Å². The van der Waals surface area contributed by atoms with Gasteiger partial charge in [-0.05, 0) is 64.2 Å². The first-order valence-electron chi connectivity index (χ1n) is 21.2. The normalized spacial score (nSPS) is 18.0. The predicted octanol–water partition coefficient (Wildman–Crippen LogP) is 9.33. The summed E-state index contributed by atoms with van der Waals surface area (Å²) in [6.07, 6.45) is 30.5. The van der Waals surface area contributed by atoms with Crippen LogP contribution in [0.25, 0.3) is 0 Å². The molecule has 0 aromatic heterocycles. The molecule has 0 radical (unpaired) electrons. The average Bonchev–Trinajstić information content (AvgIpc) is 3.91. The Labute approximate surface area is 336 Å². The Hall–Kier alpha value is -1.44. The third-order valence-electron chi connectivity index (χ3n) is 9.23. The number of allylic oxidation sites excluding steroid dienone is 3. The second-order valence-corrected chi connectivity index (χ2v) is 17.3. The third kappa shape index (κ3) is 33.5. The monoisotopic (exact) mass is 840 g/mol. The lowest BCUT2D eigenvalue weighted by atomic mass is 10.1. The van der Waals surface area contributed by atoms with Crippen molar-refractivity contribution in [1.82, 2.24) is 0 Å². The molecule has 0 saturated carbocycles. The Morgan fingerprint density at radius 3 is 1.75 bits per heavy atom. The summed E-state index contributed by atoms with van der Waals surface area (Å²) in [6, 6.07) is 0. The number of phosphoric ester groups is 2. The maximum absolute atomic E-state index is 12.7. The van der Waals surface area contributed by atoms with Gasteiger partial charge in [-0.15, -0.1) is 0 Å². The molecule has 1 rings (SSSR count). The van der Waals surface area contributed by atoms with Crippen molar-refractivity contribution in [2.24, 2.45) is 0 Å². The number of esters is 2. The molecule has 328 valence electrons. The second-order valence-electron chi connectivity index (χ2n) is 14.6. The molecule has 0 aliphatic carbocycles. The molecule has 0 spiro atoms. The molecule has 0 bridgehead atoms. The molecule has 4 N–H and O–H groups in total. The summed E-state index contributed by atoms with van der Waals surface area (Å²) in [5.74, 6) is -1.06. The van der Waals surface area contributed by atoms with Crippen LogP contribution in [0.2, 0.25) is 0 Å². The average molecular weight is 841 g/mol. The zero-order valence-electron chi connectivity index (χ0n) is 34.2. The molecule has 1 saturated heterocycles. The van der Waals surface area contributed by atoms with Crippen molar-refractivity contribution in [2.75, 3.05) is 26.4 Å². The van der Waals surface area contributed by atoms with Crippen molar-refractivity contribution in [1.29, 1.82) is 0 Å². The number of carbonyl (C=O) groups is 2. The van der Waals surface area contributed by atoms with E-state index in [0.717, 1.165) is 83.5 Å². The zero-order valence-corrected chi connectivity index (χ0v) is 36.0. The fourth-order valence-corrected chi connectivity index (χ4v) is 7.03. The SMILES string of the molecule is CCCCC/C=C\CC1OC1CCCCCCCC(=O)O[C@H](COC(=O)CCCCCCC/C=C\CCCCCC)COP(=O)(O)OC[C@@H](O)COP(=O)(O)O. The van der Waals surface area contributed by atoms with E-state index >= 15 is 0 Å². The first kappa shape index (κ1) is 52.6. The van der Waals surface area contributed by atoms with Gasteiger partial charge in [-0.2, -0.15) is 0 Å². The molecule has 1 aliphatic rings. The lowest BCUT2D eigenvalue weighted by Crippen LogP contribution is -2.30.